The molecule has 1 atom stereocenters. The van der Waals surface area contributed by atoms with Gasteiger partial charge in [0.15, 0.2) is 0 Å². The predicted octanol–water partition coefficient (Wildman–Crippen LogP) is 2.57. The second-order valence-electron chi connectivity index (χ2n) is 6.12. The van der Waals surface area contributed by atoms with E-state index in [1.165, 1.54) is 77.0 Å². The SMILES string of the molecule is CCCCCCCCCCCC(CCC)[n+]1cc[nH]c1.[Br-]. The van der Waals surface area contributed by atoms with E-state index in [9.17, 15) is 0 Å². The van der Waals surface area contributed by atoms with Crippen LogP contribution in [-0.4, -0.2) is 4.98 Å². The van der Waals surface area contributed by atoms with Gasteiger partial charge in [0.1, 0.15) is 18.4 Å². The zero-order valence-electron chi connectivity index (χ0n) is 14.1. The first-order chi connectivity index (χ1) is 9.88. The van der Waals surface area contributed by atoms with Crippen LogP contribution in [0.4, 0.5) is 0 Å². The van der Waals surface area contributed by atoms with Crippen LogP contribution in [-0.2, 0) is 0 Å². The lowest BCUT2D eigenvalue weighted by Gasteiger charge is -2.12. The summed E-state index contributed by atoms with van der Waals surface area (Å²) in [5, 5.41) is 0. The molecule has 0 radical (unpaired) electrons. The van der Waals surface area contributed by atoms with E-state index in [0.29, 0.717) is 6.04 Å². The smallest absolute Gasteiger partial charge is 0.241 e. The number of halogens is 1. The number of nitrogens with zero attached hydrogens (tertiary/aromatic N) is 1. The molecule has 21 heavy (non-hydrogen) atoms. The number of H-pyrrole nitrogens is 1. The van der Waals surface area contributed by atoms with E-state index in [-0.39, 0.29) is 17.0 Å². The molecule has 0 saturated carbocycles. The van der Waals surface area contributed by atoms with Crippen LogP contribution in [0, 0.1) is 0 Å². The fourth-order valence-corrected chi connectivity index (χ4v) is 2.99. The highest BCUT2D eigenvalue weighted by atomic mass is 79.9. The first-order valence-electron chi connectivity index (χ1n) is 8.92. The number of hydrogen-bond acceptors (Lipinski definition) is 0. The highest BCUT2D eigenvalue weighted by molar-refractivity contribution is 4.60. The Morgan fingerprint density at radius 2 is 1.43 bits per heavy atom. The monoisotopic (exact) mass is 358 g/mol. The minimum absolute atomic E-state index is 0. The summed E-state index contributed by atoms with van der Waals surface area (Å²) < 4.78 is 2.36. The Bertz CT molecular complexity index is 298. The zero-order valence-corrected chi connectivity index (χ0v) is 15.7. The van der Waals surface area contributed by atoms with Crippen molar-refractivity contribution in [3.05, 3.63) is 18.7 Å². The van der Waals surface area contributed by atoms with Gasteiger partial charge in [-0.3, -0.25) is 4.98 Å². The van der Waals surface area contributed by atoms with Crippen LogP contribution in [0.3, 0.4) is 0 Å². The largest absolute Gasteiger partial charge is 1.00 e. The van der Waals surface area contributed by atoms with Gasteiger partial charge in [-0.1, -0.05) is 71.6 Å². The van der Waals surface area contributed by atoms with Gasteiger partial charge >= 0.3 is 0 Å². The number of hydrogen-bond donors (Lipinski definition) is 1. The molecule has 3 heteroatoms. The van der Waals surface area contributed by atoms with Gasteiger partial charge in [0.05, 0.1) is 0 Å². The first-order valence-corrected chi connectivity index (χ1v) is 8.92. The highest BCUT2D eigenvalue weighted by Gasteiger charge is 2.13. The molecule has 0 spiro atoms. The number of rotatable bonds is 13. The molecule has 1 heterocycles. The van der Waals surface area contributed by atoms with Crippen LogP contribution in [0.2, 0.25) is 0 Å². The molecule has 0 amide bonds. The van der Waals surface area contributed by atoms with Crippen molar-refractivity contribution in [2.24, 2.45) is 0 Å². The molecule has 0 bridgehead atoms. The maximum absolute atomic E-state index is 3.17. The normalized spacial score (nSPS) is 12.1. The summed E-state index contributed by atoms with van der Waals surface area (Å²) in [4.78, 5) is 3.17. The third kappa shape index (κ3) is 10.1. The van der Waals surface area contributed by atoms with E-state index >= 15 is 0 Å². The molecular weight excluding hydrogens is 324 g/mol. The molecule has 1 rings (SSSR count). The number of aromatic nitrogens is 2. The average molecular weight is 359 g/mol. The van der Waals surface area contributed by atoms with Crippen molar-refractivity contribution < 1.29 is 21.5 Å². The number of unbranched alkanes of at least 4 members (excludes halogenated alkanes) is 8. The van der Waals surface area contributed by atoms with E-state index in [2.05, 4.69) is 35.9 Å². The lowest BCUT2D eigenvalue weighted by molar-refractivity contribution is -0.723. The molecule has 1 aromatic heterocycles. The van der Waals surface area contributed by atoms with E-state index in [1.807, 2.05) is 6.20 Å². The Morgan fingerprint density at radius 3 is 1.95 bits per heavy atom. The van der Waals surface area contributed by atoms with Crippen LogP contribution in [0.15, 0.2) is 18.7 Å². The van der Waals surface area contributed by atoms with Gasteiger partial charge in [0, 0.05) is 0 Å². The molecule has 1 N–H and O–H groups in total. The second-order valence-corrected chi connectivity index (χ2v) is 6.12. The number of nitrogens with one attached hydrogen (secondary N) is 1. The summed E-state index contributed by atoms with van der Waals surface area (Å²) in [6, 6.07) is 0.704. The van der Waals surface area contributed by atoms with Crippen LogP contribution >= 0.6 is 0 Å². The molecule has 0 fully saturated rings. The summed E-state index contributed by atoms with van der Waals surface area (Å²) >= 11 is 0. The van der Waals surface area contributed by atoms with E-state index < -0.39 is 0 Å². The van der Waals surface area contributed by atoms with Gasteiger partial charge < -0.3 is 17.0 Å². The van der Waals surface area contributed by atoms with Crippen LogP contribution in [0.1, 0.15) is 96.9 Å². The number of aromatic amines is 1. The Labute approximate surface area is 142 Å². The topological polar surface area (TPSA) is 19.7 Å². The quantitative estimate of drug-likeness (QED) is 0.413. The fourth-order valence-electron chi connectivity index (χ4n) is 2.99. The Balaban J connectivity index is 0.00000400. The maximum atomic E-state index is 3.17. The lowest BCUT2D eigenvalue weighted by Crippen LogP contribution is -3.00. The molecule has 0 aromatic carbocycles. The predicted molar refractivity (Wildman–Crippen MR) is 86.8 cm³/mol. The summed E-state index contributed by atoms with van der Waals surface area (Å²) in [6.45, 7) is 4.58. The van der Waals surface area contributed by atoms with E-state index in [0.717, 1.165) is 0 Å². The Kier molecular flexibility index (Phi) is 14.4. The van der Waals surface area contributed by atoms with Gasteiger partial charge in [0.2, 0.25) is 6.33 Å². The van der Waals surface area contributed by atoms with E-state index in [1.54, 1.807) is 0 Å². The minimum atomic E-state index is 0. The summed E-state index contributed by atoms with van der Waals surface area (Å²) in [6.07, 6.45) is 23.0. The molecule has 1 aromatic rings. The minimum Gasteiger partial charge on any atom is -1.00 e. The van der Waals surface area contributed by atoms with E-state index in [4.69, 9.17) is 0 Å². The third-order valence-corrected chi connectivity index (χ3v) is 4.25. The van der Waals surface area contributed by atoms with Gasteiger partial charge in [-0.15, -0.1) is 0 Å². The third-order valence-electron chi connectivity index (χ3n) is 4.25. The molecule has 0 aliphatic rings. The first kappa shape index (κ1) is 20.7. The molecule has 0 saturated heterocycles. The summed E-state index contributed by atoms with van der Waals surface area (Å²) in [5.74, 6) is 0. The van der Waals surface area contributed by atoms with Crippen LogP contribution in [0.25, 0.3) is 0 Å². The van der Waals surface area contributed by atoms with Crippen molar-refractivity contribution in [3.63, 3.8) is 0 Å². The number of imidazole rings is 1. The van der Waals surface area contributed by atoms with Crippen LogP contribution < -0.4 is 21.5 Å². The van der Waals surface area contributed by atoms with Crippen LogP contribution in [0.5, 0.6) is 0 Å². The van der Waals surface area contributed by atoms with Crippen molar-refractivity contribution in [2.75, 3.05) is 0 Å². The summed E-state index contributed by atoms with van der Waals surface area (Å²) in [5.41, 5.74) is 0. The van der Waals surface area contributed by atoms with Crippen molar-refractivity contribution in [3.8, 4) is 0 Å². The lowest BCUT2D eigenvalue weighted by atomic mass is 10.0. The highest BCUT2D eigenvalue weighted by Crippen LogP contribution is 2.17. The fraction of sp³-hybridized carbons (Fsp3) is 0.833. The van der Waals surface area contributed by atoms with Crippen molar-refractivity contribution in [2.45, 2.75) is 96.9 Å². The van der Waals surface area contributed by atoms with Crippen molar-refractivity contribution in [1.29, 1.82) is 0 Å². The molecule has 124 valence electrons. The molecule has 0 aliphatic heterocycles. The van der Waals surface area contributed by atoms with Crippen molar-refractivity contribution >= 4 is 0 Å². The molecule has 0 aliphatic carbocycles. The van der Waals surface area contributed by atoms with Gasteiger partial charge in [-0.05, 0) is 19.3 Å². The Hall–Kier alpha value is -0.310. The standard InChI is InChI=1S/C18H34N2.BrH/c1-3-5-6-7-8-9-10-11-12-14-18(13-4-2)20-16-15-19-17-20;/h15-18H,3-14H2,1-2H3;1H. The zero-order chi connectivity index (χ0) is 14.5. The van der Waals surface area contributed by atoms with Gasteiger partial charge in [-0.25, -0.2) is 4.57 Å². The molecule has 2 nitrogen and oxygen atoms in total. The van der Waals surface area contributed by atoms with Gasteiger partial charge in [-0.2, -0.15) is 0 Å². The summed E-state index contributed by atoms with van der Waals surface area (Å²) in [7, 11) is 0. The maximum Gasteiger partial charge on any atom is 0.241 e. The Morgan fingerprint density at radius 1 is 0.810 bits per heavy atom. The molecule has 1 unspecified atom stereocenters. The van der Waals surface area contributed by atoms with Crippen molar-refractivity contribution in [1.82, 2.24) is 4.98 Å². The molecular formula is C18H35BrN2. The average Bonchev–Trinajstić information content (AvgIpc) is 2.98. The second kappa shape index (κ2) is 14.6. The van der Waals surface area contributed by atoms with Gasteiger partial charge in [0.25, 0.3) is 0 Å².